The Bertz CT molecular complexity index is 263. The number of rotatable bonds is 4. The summed E-state index contributed by atoms with van der Waals surface area (Å²) in [5.74, 6) is 5.63. The molecule has 0 aromatic rings. The smallest absolute Gasteiger partial charge is 0.148 e. The van der Waals surface area contributed by atoms with Gasteiger partial charge in [0, 0.05) is 12.8 Å². The lowest BCUT2D eigenvalue weighted by molar-refractivity contribution is 0.236. The van der Waals surface area contributed by atoms with Gasteiger partial charge in [-0.15, -0.1) is 5.92 Å². The molecule has 0 fully saturated rings. The molecule has 0 aromatic carbocycles. The summed E-state index contributed by atoms with van der Waals surface area (Å²) in [7, 11) is 0. The zero-order valence-corrected chi connectivity index (χ0v) is 9.70. The lowest BCUT2D eigenvalue weighted by Crippen LogP contribution is -1.99. The average molecular weight is 233 g/mol. The Morgan fingerprint density at radius 1 is 1.50 bits per heavy atom. The van der Waals surface area contributed by atoms with Crippen LogP contribution in [0.2, 0.25) is 0 Å². The van der Waals surface area contributed by atoms with E-state index in [4.69, 9.17) is 23.2 Å². The van der Waals surface area contributed by atoms with Crippen molar-refractivity contribution in [3.05, 3.63) is 16.3 Å². The largest absolute Gasteiger partial charge is 0.380 e. The van der Waals surface area contributed by atoms with Crippen LogP contribution >= 0.6 is 23.2 Å². The van der Waals surface area contributed by atoms with E-state index < -0.39 is 6.10 Å². The summed E-state index contributed by atoms with van der Waals surface area (Å²) in [5.41, 5.74) is 2.57. The molecule has 14 heavy (non-hydrogen) atoms. The number of aliphatic hydroxyl groups is 1. The van der Waals surface area contributed by atoms with Gasteiger partial charge in [0.25, 0.3) is 0 Å². The third kappa shape index (κ3) is 9.71. The summed E-state index contributed by atoms with van der Waals surface area (Å²) >= 11 is 10.7. The number of halogens is 2. The molecule has 1 unspecified atom stereocenters. The minimum absolute atomic E-state index is 0.0659. The van der Waals surface area contributed by atoms with Gasteiger partial charge in [0.1, 0.15) is 10.6 Å². The summed E-state index contributed by atoms with van der Waals surface area (Å²) in [5, 5.41) is 9.32. The van der Waals surface area contributed by atoms with Crippen molar-refractivity contribution in [1.29, 1.82) is 0 Å². The van der Waals surface area contributed by atoms with Gasteiger partial charge in [-0.25, -0.2) is 0 Å². The fourth-order valence-corrected chi connectivity index (χ4v) is 0.916. The third-order valence-electron chi connectivity index (χ3n) is 1.48. The predicted octanol–water partition coefficient (Wildman–Crippen LogP) is 3.41. The Kier molecular flexibility index (Phi) is 8.94. The van der Waals surface area contributed by atoms with E-state index in [0.717, 1.165) is 19.3 Å². The van der Waals surface area contributed by atoms with Crippen molar-refractivity contribution in [1.82, 2.24) is 0 Å². The first kappa shape index (κ1) is 13.6. The van der Waals surface area contributed by atoms with Crippen LogP contribution in [0.4, 0.5) is 0 Å². The molecule has 0 aliphatic heterocycles. The van der Waals surface area contributed by atoms with E-state index in [2.05, 4.69) is 24.5 Å². The molecule has 1 nitrogen and oxygen atoms in total. The molecule has 0 aromatic heterocycles. The highest BCUT2D eigenvalue weighted by Gasteiger charge is 1.93. The molecule has 0 aliphatic carbocycles. The van der Waals surface area contributed by atoms with Crippen molar-refractivity contribution in [3.63, 3.8) is 0 Å². The molecule has 0 radical (unpaired) electrons. The van der Waals surface area contributed by atoms with Crippen molar-refractivity contribution < 1.29 is 5.11 Å². The van der Waals surface area contributed by atoms with Crippen LogP contribution in [-0.2, 0) is 0 Å². The maximum absolute atomic E-state index is 9.32. The Labute approximate surface area is 95.4 Å². The summed E-state index contributed by atoms with van der Waals surface area (Å²) < 4.78 is 0.0659. The first-order chi connectivity index (χ1) is 6.66. The Morgan fingerprint density at radius 2 is 2.21 bits per heavy atom. The van der Waals surface area contributed by atoms with Gasteiger partial charge in [0.15, 0.2) is 0 Å². The molecule has 0 aliphatic rings. The maximum Gasteiger partial charge on any atom is 0.148 e. The standard InChI is InChI=1S/C11H14Cl2O/c1-2-3-4-5-7-10(14)8-6-9-11(12)13/h6,10,14H,2-4,8H2,1H3. The fourth-order valence-electron chi connectivity index (χ4n) is 0.762. The van der Waals surface area contributed by atoms with Gasteiger partial charge in [-0.3, -0.25) is 0 Å². The number of hydrogen-bond acceptors (Lipinski definition) is 1. The molecule has 0 spiro atoms. The first-order valence-corrected chi connectivity index (χ1v) is 5.35. The minimum Gasteiger partial charge on any atom is -0.380 e. The van der Waals surface area contributed by atoms with E-state index in [-0.39, 0.29) is 4.49 Å². The molecule has 0 heterocycles. The van der Waals surface area contributed by atoms with Crippen LogP contribution in [0.1, 0.15) is 32.6 Å². The van der Waals surface area contributed by atoms with E-state index in [9.17, 15) is 5.11 Å². The van der Waals surface area contributed by atoms with Crippen LogP contribution in [0.15, 0.2) is 16.3 Å². The summed E-state index contributed by atoms with van der Waals surface area (Å²) in [6.07, 6.45) is 4.37. The fraction of sp³-hybridized carbons (Fsp3) is 0.545. The molecule has 0 amide bonds. The second-order valence-electron chi connectivity index (χ2n) is 2.79. The minimum atomic E-state index is -0.646. The zero-order valence-electron chi connectivity index (χ0n) is 8.19. The highest BCUT2D eigenvalue weighted by molar-refractivity contribution is 6.55. The molecule has 1 N–H and O–H groups in total. The van der Waals surface area contributed by atoms with Crippen LogP contribution in [0.25, 0.3) is 0 Å². The highest BCUT2D eigenvalue weighted by Crippen LogP contribution is 2.03. The molecule has 0 saturated carbocycles. The number of aliphatic hydroxyl groups excluding tert-OH is 1. The lowest BCUT2D eigenvalue weighted by atomic mass is 10.2. The van der Waals surface area contributed by atoms with Gasteiger partial charge in [0.2, 0.25) is 0 Å². The van der Waals surface area contributed by atoms with Gasteiger partial charge in [-0.1, -0.05) is 48.2 Å². The SMILES string of the molecule is CCCCC#CC(O)CC=C=C(Cl)Cl. The van der Waals surface area contributed by atoms with E-state index in [0.29, 0.717) is 6.42 Å². The monoisotopic (exact) mass is 232 g/mol. The molecular formula is C11H14Cl2O. The molecule has 1 atom stereocenters. The Hall–Kier alpha value is -0.380. The van der Waals surface area contributed by atoms with Crippen LogP contribution in [0.5, 0.6) is 0 Å². The third-order valence-corrected chi connectivity index (χ3v) is 1.69. The van der Waals surface area contributed by atoms with E-state index >= 15 is 0 Å². The van der Waals surface area contributed by atoms with Gasteiger partial charge in [-0.05, 0) is 12.5 Å². The molecule has 3 heteroatoms. The van der Waals surface area contributed by atoms with E-state index in [1.807, 2.05) is 0 Å². The topological polar surface area (TPSA) is 20.2 Å². The Balaban J connectivity index is 3.78. The van der Waals surface area contributed by atoms with Crippen LogP contribution in [-0.4, -0.2) is 11.2 Å². The van der Waals surface area contributed by atoms with E-state index in [1.54, 1.807) is 6.08 Å². The number of hydrogen-bond donors (Lipinski definition) is 1. The van der Waals surface area contributed by atoms with Crippen molar-refractivity contribution in [2.45, 2.75) is 38.7 Å². The van der Waals surface area contributed by atoms with Gasteiger partial charge < -0.3 is 5.11 Å². The quantitative estimate of drug-likeness (QED) is 0.448. The van der Waals surface area contributed by atoms with Crippen molar-refractivity contribution in [2.24, 2.45) is 0 Å². The van der Waals surface area contributed by atoms with Crippen molar-refractivity contribution in [2.75, 3.05) is 0 Å². The second-order valence-corrected chi connectivity index (χ2v) is 3.73. The molecule has 78 valence electrons. The lowest BCUT2D eigenvalue weighted by Gasteiger charge is -1.94. The molecule has 0 bridgehead atoms. The highest BCUT2D eigenvalue weighted by atomic mass is 35.5. The van der Waals surface area contributed by atoms with Crippen molar-refractivity contribution in [3.8, 4) is 11.8 Å². The summed E-state index contributed by atoms with van der Waals surface area (Å²) in [6.45, 7) is 2.11. The summed E-state index contributed by atoms with van der Waals surface area (Å²) in [4.78, 5) is 0. The van der Waals surface area contributed by atoms with Gasteiger partial charge in [-0.2, -0.15) is 0 Å². The summed E-state index contributed by atoms with van der Waals surface area (Å²) in [6, 6.07) is 0. The van der Waals surface area contributed by atoms with Crippen LogP contribution in [0.3, 0.4) is 0 Å². The first-order valence-electron chi connectivity index (χ1n) is 4.59. The Morgan fingerprint density at radius 3 is 2.79 bits per heavy atom. The average Bonchev–Trinajstić information content (AvgIpc) is 2.12. The van der Waals surface area contributed by atoms with Crippen LogP contribution in [0, 0.1) is 11.8 Å². The van der Waals surface area contributed by atoms with Gasteiger partial charge in [0.05, 0.1) is 0 Å². The van der Waals surface area contributed by atoms with Gasteiger partial charge >= 0.3 is 0 Å². The predicted molar refractivity (Wildman–Crippen MR) is 61.2 cm³/mol. The number of unbranched alkanes of at least 4 members (excludes halogenated alkanes) is 2. The maximum atomic E-state index is 9.32. The second kappa shape index (κ2) is 9.19. The molecule has 0 rings (SSSR count). The molecule has 0 saturated heterocycles. The van der Waals surface area contributed by atoms with Crippen LogP contribution < -0.4 is 0 Å². The molecular weight excluding hydrogens is 219 g/mol. The normalized spacial score (nSPS) is 10.9. The van der Waals surface area contributed by atoms with Crippen molar-refractivity contribution >= 4 is 23.2 Å². The van der Waals surface area contributed by atoms with E-state index in [1.165, 1.54) is 0 Å². The zero-order chi connectivity index (χ0) is 10.8.